The lowest BCUT2D eigenvalue weighted by Gasteiger charge is -2.27. The molecule has 0 aliphatic rings. The molecule has 10 nitrogen and oxygen atoms in total. The molecule has 10 heteroatoms. The first-order valence-electron chi connectivity index (χ1n) is 11.3. The third-order valence-corrected chi connectivity index (χ3v) is 5.02. The molecule has 0 saturated heterocycles. The number of nitrogens with two attached hydrogens (primary N) is 1. The average molecular weight is 479 g/mol. The van der Waals surface area contributed by atoms with Gasteiger partial charge in [-0.2, -0.15) is 0 Å². The lowest BCUT2D eigenvalue weighted by molar-refractivity contribution is -0.124. The maximum absolute atomic E-state index is 13.3. The fourth-order valence-corrected chi connectivity index (χ4v) is 3.25. The molecule has 0 unspecified atom stereocenters. The molecule has 190 valence electrons. The van der Waals surface area contributed by atoms with E-state index in [0.29, 0.717) is 17.5 Å². The molecular weight excluding hydrogens is 440 g/mol. The number of nitrogens with one attached hydrogen (secondary N) is 3. The molecule has 0 aliphatic heterocycles. The van der Waals surface area contributed by atoms with E-state index in [2.05, 4.69) is 16.0 Å². The number of carbonyl (C=O) groups is 4. The van der Waals surface area contributed by atoms with Gasteiger partial charge in [0.05, 0.1) is 12.6 Å². The fourth-order valence-electron chi connectivity index (χ4n) is 3.25. The zero-order chi connectivity index (χ0) is 26.1. The summed E-state index contributed by atoms with van der Waals surface area (Å²) in [5.41, 5.74) is 6.19. The van der Waals surface area contributed by atoms with Crippen molar-refractivity contribution in [2.24, 2.45) is 11.7 Å². The van der Waals surface area contributed by atoms with Crippen molar-refractivity contribution in [1.29, 1.82) is 0 Å². The Bertz CT molecular complexity index is 879. The summed E-state index contributed by atoms with van der Waals surface area (Å²) in [5.74, 6) is -1.11. The zero-order valence-electron chi connectivity index (χ0n) is 20.9. The van der Waals surface area contributed by atoms with Gasteiger partial charge in [0.1, 0.15) is 11.6 Å². The molecule has 0 fully saturated rings. The summed E-state index contributed by atoms with van der Waals surface area (Å²) >= 11 is 0. The largest absolute Gasteiger partial charge is 0.444 e. The molecule has 1 aromatic rings. The van der Waals surface area contributed by atoms with Gasteiger partial charge in [0.25, 0.3) is 0 Å². The number of aliphatic hydroxyl groups is 1. The Morgan fingerprint density at radius 1 is 1.12 bits per heavy atom. The summed E-state index contributed by atoms with van der Waals surface area (Å²) in [5, 5.41) is 17.2. The molecule has 0 aromatic heterocycles. The van der Waals surface area contributed by atoms with Crippen LogP contribution in [-0.2, 0) is 16.1 Å². The van der Waals surface area contributed by atoms with E-state index < -0.39 is 35.7 Å². The highest BCUT2D eigenvalue weighted by Crippen LogP contribution is 2.16. The molecule has 0 saturated carbocycles. The van der Waals surface area contributed by atoms with Gasteiger partial charge in [-0.15, -0.1) is 0 Å². The van der Waals surface area contributed by atoms with Crippen LogP contribution < -0.4 is 21.7 Å². The van der Waals surface area contributed by atoms with Crippen LogP contribution in [-0.4, -0.2) is 53.2 Å². The molecular formula is C24H38N4O6. The van der Waals surface area contributed by atoms with Crippen LogP contribution in [0.25, 0.3) is 0 Å². The van der Waals surface area contributed by atoms with Gasteiger partial charge in [-0.25, -0.2) is 9.59 Å². The SMILES string of the molecule is Cc1cc(C(=O)[C@H](CCCNC(N)=O)NC(=O)[C@@H](NC(=O)OC(C)(C)C)C(C)C)ccc1CO. The Morgan fingerprint density at radius 2 is 1.76 bits per heavy atom. The number of aliphatic hydroxyl groups excluding tert-OH is 1. The monoisotopic (exact) mass is 478 g/mol. The zero-order valence-corrected chi connectivity index (χ0v) is 20.9. The van der Waals surface area contributed by atoms with Gasteiger partial charge in [0.2, 0.25) is 5.91 Å². The molecule has 0 bridgehead atoms. The Morgan fingerprint density at radius 3 is 2.26 bits per heavy atom. The number of hydrogen-bond acceptors (Lipinski definition) is 6. The molecule has 6 N–H and O–H groups in total. The minimum absolute atomic E-state index is 0.147. The normalized spacial score (nSPS) is 13.1. The van der Waals surface area contributed by atoms with Crippen LogP contribution in [0, 0.1) is 12.8 Å². The number of amides is 4. The van der Waals surface area contributed by atoms with Crippen LogP contribution in [0.15, 0.2) is 18.2 Å². The van der Waals surface area contributed by atoms with Crippen molar-refractivity contribution in [2.75, 3.05) is 6.54 Å². The van der Waals surface area contributed by atoms with Gasteiger partial charge in [0.15, 0.2) is 5.78 Å². The average Bonchev–Trinajstić information content (AvgIpc) is 2.71. The minimum Gasteiger partial charge on any atom is -0.444 e. The Labute approximate surface area is 201 Å². The van der Waals surface area contributed by atoms with Gasteiger partial charge < -0.3 is 31.5 Å². The smallest absolute Gasteiger partial charge is 0.408 e. The van der Waals surface area contributed by atoms with E-state index in [4.69, 9.17) is 10.5 Å². The number of hydrogen-bond donors (Lipinski definition) is 5. The van der Waals surface area contributed by atoms with E-state index >= 15 is 0 Å². The Kier molecular flexibility index (Phi) is 11.0. The molecule has 1 rings (SSSR count). The van der Waals surface area contributed by atoms with E-state index in [-0.39, 0.29) is 31.3 Å². The van der Waals surface area contributed by atoms with Crippen molar-refractivity contribution in [3.05, 3.63) is 34.9 Å². The second-order valence-corrected chi connectivity index (χ2v) is 9.53. The molecule has 0 radical (unpaired) electrons. The first kappa shape index (κ1) is 28.9. The number of carbonyl (C=O) groups excluding carboxylic acids is 4. The first-order chi connectivity index (χ1) is 15.7. The van der Waals surface area contributed by atoms with Gasteiger partial charge in [-0.1, -0.05) is 26.0 Å². The van der Waals surface area contributed by atoms with Crippen molar-refractivity contribution in [2.45, 2.75) is 78.7 Å². The highest BCUT2D eigenvalue weighted by Gasteiger charge is 2.30. The van der Waals surface area contributed by atoms with E-state index in [9.17, 15) is 24.3 Å². The fraction of sp³-hybridized carbons (Fsp3) is 0.583. The van der Waals surface area contributed by atoms with Crippen LogP contribution in [0.5, 0.6) is 0 Å². The predicted molar refractivity (Wildman–Crippen MR) is 128 cm³/mol. The standard InChI is InChI=1S/C24H38N4O6/c1-14(2)19(28-23(33)34-24(4,5)6)21(31)27-18(8-7-11-26-22(25)32)20(30)16-9-10-17(13-29)15(3)12-16/h9-10,12,14,18-19,29H,7-8,11,13H2,1-6H3,(H,27,31)(H,28,33)(H3,25,26,32)/t18-,19-/m0/s1. The molecule has 4 amide bonds. The van der Waals surface area contributed by atoms with E-state index in [1.807, 2.05) is 0 Å². The van der Waals surface area contributed by atoms with E-state index in [1.165, 1.54) is 0 Å². The summed E-state index contributed by atoms with van der Waals surface area (Å²) in [6, 6.07) is 2.42. The molecule has 34 heavy (non-hydrogen) atoms. The number of urea groups is 1. The predicted octanol–water partition coefficient (Wildman–Crippen LogP) is 2.15. The van der Waals surface area contributed by atoms with Crippen molar-refractivity contribution >= 4 is 23.8 Å². The van der Waals surface area contributed by atoms with Gasteiger partial charge in [-0.3, -0.25) is 9.59 Å². The second kappa shape index (κ2) is 12.9. The van der Waals surface area contributed by atoms with Crippen molar-refractivity contribution in [3.63, 3.8) is 0 Å². The van der Waals surface area contributed by atoms with Crippen molar-refractivity contribution in [1.82, 2.24) is 16.0 Å². The maximum Gasteiger partial charge on any atom is 0.408 e. The summed E-state index contributed by atoms with van der Waals surface area (Å²) in [4.78, 5) is 49.5. The number of alkyl carbamates (subject to hydrolysis) is 1. The third-order valence-electron chi connectivity index (χ3n) is 5.02. The van der Waals surface area contributed by atoms with Crippen molar-refractivity contribution < 1.29 is 29.0 Å². The van der Waals surface area contributed by atoms with E-state index in [1.54, 1.807) is 59.7 Å². The molecule has 2 atom stereocenters. The van der Waals surface area contributed by atoms with Gasteiger partial charge >= 0.3 is 12.1 Å². The lowest BCUT2D eigenvalue weighted by atomic mass is 9.95. The number of primary amides is 1. The Hall–Kier alpha value is -3.14. The Balaban J connectivity index is 3.06. The molecule has 0 heterocycles. The first-order valence-corrected chi connectivity index (χ1v) is 11.3. The van der Waals surface area contributed by atoms with Crippen LogP contribution in [0.2, 0.25) is 0 Å². The summed E-state index contributed by atoms with van der Waals surface area (Å²) in [6.45, 7) is 10.6. The lowest BCUT2D eigenvalue weighted by Crippen LogP contribution is -2.54. The van der Waals surface area contributed by atoms with Crippen LogP contribution in [0.1, 0.15) is 68.9 Å². The molecule has 0 spiro atoms. The highest BCUT2D eigenvalue weighted by atomic mass is 16.6. The number of aryl methyl sites for hydroxylation is 1. The number of ether oxygens (including phenoxy) is 1. The quantitative estimate of drug-likeness (QED) is 0.242. The summed E-state index contributed by atoms with van der Waals surface area (Å²) < 4.78 is 5.26. The maximum atomic E-state index is 13.3. The second-order valence-electron chi connectivity index (χ2n) is 9.53. The molecule has 0 aliphatic carbocycles. The van der Waals surface area contributed by atoms with Crippen LogP contribution >= 0.6 is 0 Å². The number of benzene rings is 1. The summed E-state index contributed by atoms with van der Waals surface area (Å²) in [6.07, 6.45) is -0.104. The van der Waals surface area contributed by atoms with Gasteiger partial charge in [-0.05, 0) is 63.6 Å². The van der Waals surface area contributed by atoms with Crippen LogP contribution in [0.3, 0.4) is 0 Å². The minimum atomic E-state index is -0.924. The number of rotatable bonds is 11. The van der Waals surface area contributed by atoms with Gasteiger partial charge in [0, 0.05) is 12.1 Å². The van der Waals surface area contributed by atoms with Crippen molar-refractivity contribution in [3.8, 4) is 0 Å². The summed E-state index contributed by atoms with van der Waals surface area (Å²) in [7, 11) is 0. The molecule has 1 aromatic carbocycles. The van der Waals surface area contributed by atoms with E-state index in [0.717, 1.165) is 5.56 Å². The van der Waals surface area contributed by atoms with Crippen LogP contribution in [0.4, 0.5) is 9.59 Å². The highest BCUT2D eigenvalue weighted by molar-refractivity contribution is 6.02. The third kappa shape index (κ3) is 9.78. The number of Topliss-reactive ketones (excluding diaryl/α,β-unsaturated/α-hetero) is 1. The topological polar surface area (TPSA) is 160 Å². The number of ketones is 1.